The predicted molar refractivity (Wildman–Crippen MR) is 76.5 cm³/mol. The monoisotopic (exact) mass is 321 g/mol. The predicted octanol–water partition coefficient (Wildman–Crippen LogP) is 3.59. The third-order valence-corrected chi connectivity index (χ3v) is 3.71. The fourth-order valence-corrected chi connectivity index (χ4v) is 2.80. The van der Waals surface area contributed by atoms with Crippen LogP contribution in [-0.2, 0) is 11.0 Å². The highest BCUT2D eigenvalue weighted by Gasteiger charge is 2.30. The third-order valence-electron chi connectivity index (χ3n) is 2.74. The van der Waals surface area contributed by atoms with Gasteiger partial charge in [-0.3, -0.25) is 9.69 Å². The van der Waals surface area contributed by atoms with Crippen molar-refractivity contribution >= 4 is 17.7 Å². The van der Waals surface area contributed by atoms with Crippen LogP contribution in [0.25, 0.3) is 0 Å². The van der Waals surface area contributed by atoms with Gasteiger partial charge in [-0.2, -0.15) is 13.2 Å². The van der Waals surface area contributed by atoms with E-state index in [0.29, 0.717) is 23.7 Å². The first kappa shape index (κ1) is 17.8. The van der Waals surface area contributed by atoms with Crippen molar-refractivity contribution in [3.63, 3.8) is 0 Å². The van der Waals surface area contributed by atoms with E-state index in [2.05, 4.69) is 0 Å². The highest BCUT2D eigenvalue weighted by Crippen LogP contribution is 2.31. The smallest absolute Gasteiger partial charge is 0.416 e. The molecule has 0 unspecified atom stereocenters. The van der Waals surface area contributed by atoms with Crippen LogP contribution in [0.2, 0.25) is 0 Å². The number of thioether (sulfide) groups is 1. The molecule has 1 aromatic rings. The van der Waals surface area contributed by atoms with Crippen LogP contribution in [-0.4, -0.2) is 41.4 Å². The van der Waals surface area contributed by atoms with Crippen LogP contribution in [0, 0.1) is 0 Å². The van der Waals surface area contributed by atoms with Crippen molar-refractivity contribution < 1.29 is 23.1 Å². The van der Waals surface area contributed by atoms with Crippen LogP contribution in [0.15, 0.2) is 29.2 Å². The number of hydrogen-bond donors (Lipinski definition) is 1. The maximum atomic E-state index is 12.6. The largest absolute Gasteiger partial charge is 0.480 e. The van der Waals surface area contributed by atoms with Gasteiger partial charge in [0.1, 0.15) is 0 Å². The number of nitrogens with zero attached hydrogens (tertiary/aromatic N) is 1. The van der Waals surface area contributed by atoms with Crippen molar-refractivity contribution in [3.05, 3.63) is 29.8 Å². The van der Waals surface area contributed by atoms with Gasteiger partial charge < -0.3 is 5.11 Å². The first-order valence-electron chi connectivity index (χ1n) is 6.57. The summed E-state index contributed by atoms with van der Waals surface area (Å²) in [5, 5.41) is 8.78. The molecule has 0 aromatic heterocycles. The molecule has 0 atom stereocenters. The lowest BCUT2D eigenvalue weighted by Gasteiger charge is -2.19. The number of carboxylic acids is 1. The third kappa shape index (κ3) is 6.86. The Hall–Kier alpha value is -1.21. The van der Waals surface area contributed by atoms with Gasteiger partial charge >= 0.3 is 12.1 Å². The number of rotatable bonds is 8. The zero-order valence-corrected chi connectivity index (χ0v) is 12.5. The maximum Gasteiger partial charge on any atom is 0.416 e. The van der Waals surface area contributed by atoms with Crippen LogP contribution < -0.4 is 0 Å². The molecule has 1 aromatic carbocycles. The summed E-state index contributed by atoms with van der Waals surface area (Å²) in [4.78, 5) is 13.0. The van der Waals surface area contributed by atoms with Crippen molar-refractivity contribution in [1.82, 2.24) is 4.90 Å². The SMILES string of the molecule is CCCN(CCSc1cccc(C(F)(F)F)c1)CC(=O)O. The van der Waals surface area contributed by atoms with Gasteiger partial charge in [0.15, 0.2) is 0 Å². The van der Waals surface area contributed by atoms with E-state index in [1.54, 1.807) is 11.0 Å². The lowest BCUT2D eigenvalue weighted by Crippen LogP contribution is -2.32. The van der Waals surface area contributed by atoms with Crippen molar-refractivity contribution in [2.45, 2.75) is 24.4 Å². The molecular formula is C14H18F3NO2S. The number of benzene rings is 1. The molecule has 0 radical (unpaired) electrons. The molecule has 21 heavy (non-hydrogen) atoms. The molecule has 1 N–H and O–H groups in total. The summed E-state index contributed by atoms with van der Waals surface area (Å²) in [6.45, 7) is 3.10. The number of halogens is 3. The fourth-order valence-electron chi connectivity index (χ4n) is 1.83. The van der Waals surface area contributed by atoms with Crippen molar-refractivity contribution in [2.24, 2.45) is 0 Å². The Balaban J connectivity index is 2.52. The van der Waals surface area contributed by atoms with E-state index in [9.17, 15) is 18.0 Å². The number of carboxylic acid groups (broad SMARTS) is 1. The Morgan fingerprint density at radius 3 is 2.62 bits per heavy atom. The fraction of sp³-hybridized carbons (Fsp3) is 0.500. The molecule has 0 aliphatic rings. The standard InChI is InChI=1S/C14H18F3NO2S/c1-2-6-18(10-13(19)20)7-8-21-12-5-3-4-11(9-12)14(15,16)17/h3-5,9H,2,6-8,10H2,1H3,(H,19,20). The number of carbonyl (C=O) groups is 1. The molecular weight excluding hydrogens is 303 g/mol. The van der Waals surface area contributed by atoms with Gasteiger partial charge in [-0.15, -0.1) is 11.8 Å². The molecule has 0 heterocycles. The summed E-state index contributed by atoms with van der Waals surface area (Å²) in [5.41, 5.74) is -0.663. The minimum Gasteiger partial charge on any atom is -0.480 e. The Bertz CT molecular complexity index is 466. The molecule has 0 spiro atoms. The van der Waals surface area contributed by atoms with E-state index in [1.807, 2.05) is 6.92 Å². The number of aliphatic carboxylic acids is 1. The topological polar surface area (TPSA) is 40.5 Å². The first-order valence-corrected chi connectivity index (χ1v) is 7.55. The summed E-state index contributed by atoms with van der Waals surface area (Å²) in [6, 6.07) is 5.16. The Morgan fingerprint density at radius 1 is 1.33 bits per heavy atom. The van der Waals surface area contributed by atoms with Gasteiger partial charge in [0.25, 0.3) is 0 Å². The van der Waals surface area contributed by atoms with Gasteiger partial charge in [-0.25, -0.2) is 0 Å². The van der Waals surface area contributed by atoms with Crippen LogP contribution in [0.5, 0.6) is 0 Å². The normalized spacial score (nSPS) is 11.9. The molecule has 118 valence electrons. The van der Waals surface area contributed by atoms with E-state index in [-0.39, 0.29) is 6.54 Å². The van der Waals surface area contributed by atoms with Crippen LogP contribution in [0.4, 0.5) is 13.2 Å². The Kier molecular flexibility index (Phi) is 7.04. The zero-order valence-electron chi connectivity index (χ0n) is 11.7. The second-order valence-electron chi connectivity index (χ2n) is 4.54. The minimum atomic E-state index is -4.34. The zero-order chi connectivity index (χ0) is 15.9. The number of hydrogen-bond acceptors (Lipinski definition) is 3. The summed E-state index contributed by atoms with van der Waals surface area (Å²) in [6.07, 6.45) is -3.50. The molecule has 1 rings (SSSR count). The van der Waals surface area contributed by atoms with E-state index in [0.717, 1.165) is 18.6 Å². The van der Waals surface area contributed by atoms with Crippen molar-refractivity contribution in [1.29, 1.82) is 0 Å². The van der Waals surface area contributed by atoms with Crippen LogP contribution in [0.3, 0.4) is 0 Å². The van der Waals surface area contributed by atoms with E-state index in [4.69, 9.17) is 5.11 Å². The van der Waals surface area contributed by atoms with Gasteiger partial charge in [0, 0.05) is 17.2 Å². The second kappa shape index (κ2) is 8.29. The highest BCUT2D eigenvalue weighted by atomic mass is 32.2. The summed E-state index contributed by atoms with van der Waals surface area (Å²) < 4.78 is 37.7. The van der Waals surface area contributed by atoms with Crippen LogP contribution in [0.1, 0.15) is 18.9 Å². The average molecular weight is 321 g/mol. The average Bonchev–Trinajstić information content (AvgIpc) is 2.37. The second-order valence-corrected chi connectivity index (χ2v) is 5.71. The molecule has 0 bridgehead atoms. The molecule has 3 nitrogen and oxygen atoms in total. The first-order chi connectivity index (χ1) is 9.82. The van der Waals surface area contributed by atoms with Gasteiger partial charge in [0.2, 0.25) is 0 Å². The quantitative estimate of drug-likeness (QED) is 0.743. The van der Waals surface area contributed by atoms with Crippen molar-refractivity contribution in [2.75, 3.05) is 25.4 Å². The lowest BCUT2D eigenvalue weighted by molar-refractivity contribution is -0.139. The molecule has 0 saturated carbocycles. The van der Waals surface area contributed by atoms with E-state index < -0.39 is 17.7 Å². The van der Waals surface area contributed by atoms with Crippen molar-refractivity contribution in [3.8, 4) is 0 Å². The van der Waals surface area contributed by atoms with Gasteiger partial charge in [0.05, 0.1) is 12.1 Å². The highest BCUT2D eigenvalue weighted by molar-refractivity contribution is 7.99. The summed E-state index contributed by atoms with van der Waals surface area (Å²) >= 11 is 1.30. The Morgan fingerprint density at radius 2 is 2.05 bits per heavy atom. The minimum absolute atomic E-state index is 0.0447. The van der Waals surface area contributed by atoms with Gasteiger partial charge in [-0.05, 0) is 31.2 Å². The molecule has 0 saturated heterocycles. The summed E-state index contributed by atoms with van der Waals surface area (Å²) in [7, 11) is 0. The Labute approximate surface area is 126 Å². The van der Waals surface area contributed by atoms with Crippen LogP contribution >= 0.6 is 11.8 Å². The lowest BCUT2D eigenvalue weighted by atomic mass is 10.2. The molecule has 0 aliphatic carbocycles. The maximum absolute atomic E-state index is 12.6. The van der Waals surface area contributed by atoms with E-state index in [1.165, 1.54) is 17.8 Å². The molecule has 0 aliphatic heterocycles. The summed E-state index contributed by atoms with van der Waals surface area (Å²) in [5.74, 6) is -0.346. The number of alkyl halides is 3. The molecule has 0 amide bonds. The van der Waals surface area contributed by atoms with Gasteiger partial charge in [-0.1, -0.05) is 13.0 Å². The molecule has 0 fully saturated rings. The van der Waals surface area contributed by atoms with E-state index >= 15 is 0 Å². The molecule has 7 heteroatoms.